The third-order valence-corrected chi connectivity index (χ3v) is 6.78. The van der Waals surface area contributed by atoms with Crippen LogP contribution in [0.4, 0.5) is 11.6 Å². The lowest BCUT2D eigenvalue weighted by molar-refractivity contribution is 0.0215. The minimum atomic E-state index is -0.517. The third kappa shape index (κ3) is 4.19. The SMILES string of the molecule is Cc1cc(C)cc(Nc2ncc3c(n2)CCN(C2CN(C(=O)c4ccc5[nH]c(=O)oc5c4)C2)C3)c1. The van der Waals surface area contributed by atoms with Gasteiger partial charge in [-0.1, -0.05) is 6.07 Å². The van der Waals surface area contributed by atoms with Gasteiger partial charge in [0.1, 0.15) is 0 Å². The van der Waals surface area contributed by atoms with Crippen LogP contribution in [0.5, 0.6) is 0 Å². The Morgan fingerprint density at radius 1 is 1.14 bits per heavy atom. The summed E-state index contributed by atoms with van der Waals surface area (Å²) < 4.78 is 5.09. The molecule has 0 bridgehead atoms. The number of rotatable bonds is 4. The van der Waals surface area contributed by atoms with Crippen molar-refractivity contribution >= 4 is 28.6 Å². The molecule has 2 N–H and O–H groups in total. The van der Waals surface area contributed by atoms with E-state index in [2.05, 4.69) is 52.2 Å². The molecule has 2 aromatic heterocycles. The van der Waals surface area contributed by atoms with E-state index in [1.807, 2.05) is 11.1 Å². The number of likely N-dealkylation sites (tertiary alicyclic amines) is 1. The first kappa shape index (κ1) is 21.5. The number of nitrogens with zero attached hydrogens (tertiary/aromatic N) is 4. The van der Waals surface area contributed by atoms with Crippen molar-refractivity contribution in [2.24, 2.45) is 0 Å². The predicted molar refractivity (Wildman–Crippen MR) is 132 cm³/mol. The minimum Gasteiger partial charge on any atom is -0.408 e. The fraction of sp³-hybridized carbons (Fsp3) is 0.308. The van der Waals surface area contributed by atoms with Gasteiger partial charge in [-0.25, -0.2) is 14.8 Å². The highest BCUT2D eigenvalue weighted by Crippen LogP contribution is 2.26. The Labute approximate surface area is 201 Å². The fourth-order valence-corrected chi connectivity index (χ4v) is 5.00. The molecule has 6 rings (SSSR count). The molecule has 0 unspecified atom stereocenters. The number of amides is 1. The summed E-state index contributed by atoms with van der Waals surface area (Å²) in [6.45, 7) is 7.20. The quantitative estimate of drug-likeness (QED) is 0.472. The molecule has 4 heterocycles. The van der Waals surface area contributed by atoms with Crippen molar-refractivity contribution in [3.05, 3.63) is 81.1 Å². The molecule has 4 aromatic rings. The molecule has 2 aliphatic rings. The van der Waals surface area contributed by atoms with Gasteiger partial charge in [-0.2, -0.15) is 0 Å². The summed E-state index contributed by atoms with van der Waals surface area (Å²) in [5, 5.41) is 3.33. The maximum atomic E-state index is 12.9. The van der Waals surface area contributed by atoms with E-state index in [0.717, 1.165) is 36.5 Å². The van der Waals surface area contributed by atoms with Gasteiger partial charge in [0.05, 0.1) is 11.2 Å². The molecule has 1 fully saturated rings. The molecule has 0 saturated carbocycles. The van der Waals surface area contributed by atoms with Crippen LogP contribution in [0.15, 0.2) is 51.8 Å². The van der Waals surface area contributed by atoms with Gasteiger partial charge in [-0.3, -0.25) is 14.7 Å². The van der Waals surface area contributed by atoms with E-state index >= 15 is 0 Å². The smallest absolute Gasteiger partial charge is 0.408 e. The van der Waals surface area contributed by atoms with Gasteiger partial charge in [-0.05, 0) is 55.3 Å². The number of hydrogen-bond donors (Lipinski definition) is 2. The van der Waals surface area contributed by atoms with Crippen LogP contribution in [0.3, 0.4) is 0 Å². The molecule has 2 aromatic carbocycles. The van der Waals surface area contributed by atoms with E-state index < -0.39 is 5.76 Å². The minimum absolute atomic E-state index is 0.0464. The molecule has 9 nitrogen and oxygen atoms in total. The van der Waals surface area contributed by atoms with Crippen LogP contribution in [0, 0.1) is 13.8 Å². The van der Waals surface area contributed by atoms with Crippen LogP contribution < -0.4 is 11.1 Å². The monoisotopic (exact) mass is 470 g/mol. The van der Waals surface area contributed by atoms with E-state index in [4.69, 9.17) is 9.40 Å². The molecule has 0 radical (unpaired) electrons. The highest BCUT2D eigenvalue weighted by molar-refractivity contribution is 5.97. The average Bonchev–Trinajstić information content (AvgIpc) is 3.16. The summed E-state index contributed by atoms with van der Waals surface area (Å²) in [6, 6.07) is 11.7. The number of hydrogen-bond acceptors (Lipinski definition) is 7. The second-order valence-corrected chi connectivity index (χ2v) is 9.48. The van der Waals surface area contributed by atoms with Gasteiger partial charge in [-0.15, -0.1) is 0 Å². The molecule has 178 valence electrons. The largest absolute Gasteiger partial charge is 0.417 e. The molecular formula is C26H26N6O3. The topological polar surface area (TPSA) is 107 Å². The zero-order valence-electron chi connectivity index (χ0n) is 19.7. The van der Waals surface area contributed by atoms with E-state index in [1.54, 1.807) is 18.2 Å². The summed E-state index contributed by atoms with van der Waals surface area (Å²) in [4.78, 5) is 40.4. The van der Waals surface area contributed by atoms with Crippen molar-refractivity contribution < 1.29 is 9.21 Å². The molecule has 35 heavy (non-hydrogen) atoms. The molecule has 0 aliphatic carbocycles. The summed E-state index contributed by atoms with van der Waals surface area (Å²) in [6.07, 6.45) is 2.77. The lowest BCUT2D eigenvalue weighted by Gasteiger charge is -2.46. The summed E-state index contributed by atoms with van der Waals surface area (Å²) in [7, 11) is 0. The molecule has 0 atom stereocenters. The number of anilines is 2. The number of fused-ring (bicyclic) bond motifs is 2. The van der Waals surface area contributed by atoms with Gasteiger partial charge in [0.25, 0.3) is 5.91 Å². The molecular weight excluding hydrogens is 444 g/mol. The summed E-state index contributed by atoms with van der Waals surface area (Å²) in [5.74, 6) is 0.0591. The van der Waals surface area contributed by atoms with Gasteiger partial charge in [0.2, 0.25) is 5.95 Å². The molecule has 1 amide bonds. The third-order valence-electron chi connectivity index (χ3n) is 6.78. The van der Waals surface area contributed by atoms with Gasteiger partial charge >= 0.3 is 5.76 Å². The van der Waals surface area contributed by atoms with Crippen LogP contribution in [0.25, 0.3) is 11.1 Å². The normalized spacial score (nSPS) is 16.2. The fourth-order valence-electron chi connectivity index (χ4n) is 5.00. The van der Waals surface area contributed by atoms with Crippen LogP contribution in [-0.2, 0) is 13.0 Å². The number of aryl methyl sites for hydroxylation is 2. The molecule has 0 spiro atoms. The highest BCUT2D eigenvalue weighted by Gasteiger charge is 2.36. The standard InChI is InChI=1S/C26H26N6O3/c1-15-7-16(2)9-19(8-15)28-25-27-11-18-12-31(6-5-21(18)29-25)20-13-32(14-20)24(33)17-3-4-22-23(10-17)35-26(34)30-22/h3-4,7-11,20H,5-6,12-14H2,1-2H3,(H,30,34)(H,27,28,29). The van der Waals surface area contributed by atoms with Crippen LogP contribution in [0.2, 0.25) is 0 Å². The first-order chi connectivity index (χ1) is 16.9. The van der Waals surface area contributed by atoms with E-state index in [9.17, 15) is 9.59 Å². The summed E-state index contributed by atoms with van der Waals surface area (Å²) >= 11 is 0. The Bertz CT molecular complexity index is 1480. The van der Waals surface area contributed by atoms with E-state index in [-0.39, 0.29) is 5.91 Å². The number of carbonyl (C=O) groups excluding carboxylic acids is 1. The van der Waals surface area contributed by atoms with E-state index in [0.29, 0.717) is 41.7 Å². The second kappa shape index (κ2) is 8.35. The van der Waals surface area contributed by atoms with Crippen molar-refractivity contribution in [2.45, 2.75) is 32.9 Å². The molecule has 1 saturated heterocycles. The van der Waals surface area contributed by atoms with Crippen molar-refractivity contribution in [2.75, 3.05) is 25.0 Å². The van der Waals surface area contributed by atoms with Crippen LogP contribution in [-0.4, -0.2) is 56.3 Å². The average molecular weight is 471 g/mol. The van der Waals surface area contributed by atoms with Crippen molar-refractivity contribution in [1.82, 2.24) is 24.8 Å². The first-order valence-corrected chi connectivity index (χ1v) is 11.8. The van der Waals surface area contributed by atoms with Crippen molar-refractivity contribution in [3.8, 4) is 0 Å². The molecule has 2 aliphatic heterocycles. The number of nitrogens with one attached hydrogen (secondary N) is 2. The Morgan fingerprint density at radius 3 is 2.74 bits per heavy atom. The van der Waals surface area contributed by atoms with Crippen molar-refractivity contribution in [1.29, 1.82) is 0 Å². The first-order valence-electron chi connectivity index (χ1n) is 11.8. The number of oxazole rings is 1. The van der Waals surface area contributed by atoms with Crippen LogP contribution in [0.1, 0.15) is 32.7 Å². The Kier molecular flexibility index (Phi) is 5.14. The Hall–Kier alpha value is -3.98. The maximum absolute atomic E-state index is 12.9. The number of benzene rings is 2. The van der Waals surface area contributed by atoms with Crippen LogP contribution >= 0.6 is 0 Å². The van der Waals surface area contributed by atoms with Gasteiger partial charge in [0, 0.05) is 61.7 Å². The Morgan fingerprint density at radius 2 is 1.94 bits per heavy atom. The second-order valence-electron chi connectivity index (χ2n) is 9.48. The van der Waals surface area contributed by atoms with E-state index in [1.165, 1.54) is 11.1 Å². The maximum Gasteiger partial charge on any atom is 0.417 e. The number of carbonyl (C=O) groups is 1. The number of aromatic nitrogens is 3. The van der Waals surface area contributed by atoms with Gasteiger partial charge < -0.3 is 14.6 Å². The van der Waals surface area contributed by atoms with Gasteiger partial charge in [0.15, 0.2) is 5.58 Å². The lowest BCUT2D eigenvalue weighted by atomic mass is 10.00. The number of H-pyrrole nitrogens is 1. The zero-order valence-corrected chi connectivity index (χ0v) is 19.7. The summed E-state index contributed by atoms with van der Waals surface area (Å²) in [5.41, 5.74) is 7.14. The lowest BCUT2D eigenvalue weighted by Crippen LogP contribution is -2.61. The highest BCUT2D eigenvalue weighted by atomic mass is 16.4. The zero-order chi connectivity index (χ0) is 24.1. The molecule has 9 heteroatoms. The van der Waals surface area contributed by atoms with Crippen molar-refractivity contribution in [3.63, 3.8) is 0 Å². The number of aromatic amines is 1. The Balaban J connectivity index is 1.08. The predicted octanol–water partition coefficient (Wildman–Crippen LogP) is 3.15.